The van der Waals surface area contributed by atoms with Gasteiger partial charge in [-0.15, -0.1) is 0 Å². The van der Waals surface area contributed by atoms with Crippen molar-refractivity contribution in [3.63, 3.8) is 0 Å². The number of aliphatic hydroxyl groups is 1. The minimum Gasteiger partial charge on any atom is -0.435 e. The Morgan fingerprint density at radius 1 is 1.29 bits per heavy atom. The van der Waals surface area contributed by atoms with E-state index in [2.05, 4.69) is 16.6 Å². The summed E-state index contributed by atoms with van der Waals surface area (Å²) in [5.41, 5.74) is 0.640. The molecule has 0 amide bonds. The van der Waals surface area contributed by atoms with Gasteiger partial charge in [0.15, 0.2) is 0 Å². The zero-order valence-electron chi connectivity index (χ0n) is 7.21. The molecule has 0 fully saturated rings. The lowest BCUT2D eigenvalue weighted by molar-refractivity contribution is -0.0498. The molecule has 74 valence electrons. The number of aliphatic hydroxyl groups excluding tert-OH is 1. The Labute approximate surface area is 80.1 Å². The molecule has 2 nitrogen and oxygen atoms in total. The zero-order chi connectivity index (χ0) is 10.4. The number of ether oxygens (including phenoxy) is 1. The molecule has 14 heavy (non-hydrogen) atoms. The van der Waals surface area contributed by atoms with Gasteiger partial charge in [0.25, 0.3) is 0 Å². The van der Waals surface area contributed by atoms with Crippen molar-refractivity contribution in [2.24, 2.45) is 0 Å². The minimum atomic E-state index is -2.82. The van der Waals surface area contributed by atoms with E-state index in [1.807, 2.05) is 0 Å². The molecule has 0 saturated heterocycles. The Morgan fingerprint density at radius 2 is 1.93 bits per heavy atom. The summed E-state index contributed by atoms with van der Waals surface area (Å²) in [6, 6.07) is 5.88. The molecule has 0 heterocycles. The summed E-state index contributed by atoms with van der Waals surface area (Å²) in [6.45, 7) is -3.04. The summed E-state index contributed by atoms with van der Waals surface area (Å²) in [4.78, 5) is 0. The van der Waals surface area contributed by atoms with Crippen LogP contribution in [-0.4, -0.2) is 18.3 Å². The predicted molar refractivity (Wildman–Crippen MR) is 47.0 cm³/mol. The molecule has 1 N–H and O–H groups in total. The molecular formula is C10H8F2O2. The molecule has 0 bridgehead atoms. The van der Waals surface area contributed by atoms with Crippen molar-refractivity contribution in [2.45, 2.75) is 6.61 Å². The SMILES string of the molecule is OCC#Cc1ccc(OC(F)F)cc1. The highest BCUT2D eigenvalue weighted by Gasteiger charge is 2.02. The van der Waals surface area contributed by atoms with Crippen molar-refractivity contribution >= 4 is 0 Å². The van der Waals surface area contributed by atoms with Crippen LogP contribution in [0.2, 0.25) is 0 Å². The molecule has 1 aromatic carbocycles. The molecule has 1 aromatic rings. The molecule has 0 aliphatic carbocycles. The molecule has 0 unspecified atom stereocenters. The number of benzene rings is 1. The lowest BCUT2D eigenvalue weighted by Gasteiger charge is -2.02. The van der Waals surface area contributed by atoms with Crippen LogP contribution in [-0.2, 0) is 0 Å². The molecular weight excluding hydrogens is 190 g/mol. The van der Waals surface area contributed by atoms with Crippen LogP contribution in [0, 0.1) is 11.8 Å². The van der Waals surface area contributed by atoms with Gasteiger partial charge in [-0.05, 0) is 24.3 Å². The predicted octanol–water partition coefficient (Wildman–Crippen LogP) is 1.63. The van der Waals surface area contributed by atoms with Crippen LogP contribution in [0.3, 0.4) is 0 Å². The first-order valence-corrected chi connectivity index (χ1v) is 3.87. The Bertz CT molecular complexity index is 335. The van der Waals surface area contributed by atoms with Gasteiger partial charge in [-0.3, -0.25) is 0 Å². The molecule has 0 saturated carbocycles. The van der Waals surface area contributed by atoms with Crippen LogP contribution in [0.5, 0.6) is 5.75 Å². The van der Waals surface area contributed by atoms with Crippen LogP contribution in [0.15, 0.2) is 24.3 Å². The highest BCUT2D eigenvalue weighted by Crippen LogP contribution is 2.14. The number of rotatable bonds is 2. The number of hydrogen-bond acceptors (Lipinski definition) is 2. The van der Waals surface area contributed by atoms with Gasteiger partial charge in [0.05, 0.1) is 0 Å². The maximum Gasteiger partial charge on any atom is 0.387 e. The van der Waals surface area contributed by atoms with Gasteiger partial charge >= 0.3 is 6.61 Å². The Morgan fingerprint density at radius 3 is 2.43 bits per heavy atom. The Kier molecular flexibility index (Phi) is 3.89. The highest BCUT2D eigenvalue weighted by atomic mass is 19.3. The van der Waals surface area contributed by atoms with Crippen LogP contribution < -0.4 is 4.74 Å². The average molecular weight is 198 g/mol. The van der Waals surface area contributed by atoms with E-state index in [4.69, 9.17) is 5.11 Å². The first kappa shape index (κ1) is 10.5. The van der Waals surface area contributed by atoms with Crippen LogP contribution in [0.1, 0.15) is 5.56 Å². The van der Waals surface area contributed by atoms with E-state index in [1.165, 1.54) is 12.1 Å². The minimum absolute atomic E-state index is 0.0922. The van der Waals surface area contributed by atoms with Gasteiger partial charge in [0.1, 0.15) is 12.4 Å². The summed E-state index contributed by atoms with van der Waals surface area (Å²) < 4.78 is 27.6. The number of alkyl halides is 2. The third-order valence-corrected chi connectivity index (χ3v) is 1.39. The maximum atomic E-state index is 11.7. The van der Waals surface area contributed by atoms with E-state index < -0.39 is 6.61 Å². The third kappa shape index (κ3) is 3.42. The second-order valence-corrected chi connectivity index (χ2v) is 2.36. The Hall–Kier alpha value is -1.60. The van der Waals surface area contributed by atoms with Crippen LogP contribution in [0.25, 0.3) is 0 Å². The molecule has 0 spiro atoms. The number of hydrogen-bond donors (Lipinski definition) is 1. The standard InChI is InChI=1S/C10H8F2O2/c11-10(12)14-9-5-3-8(4-6-9)2-1-7-13/h3-6,10,13H,7H2. The lowest BCUT2D eigenvalue weighted by atomic mass is 10.2. The summed E-state index contributed by atoms with van der Waals surface area (Å²) in [5, 5.41) is 8.40. The first-order chi connectivity index (χ1) is 6.72. The third-order valence-electron chi connectivity index (χ3n) is 1.39. The molecule has 0 atom stereocenters. The van der Waals surface area contributed by atoms with Crippen molar-refractivity contribution in [3.05, 3.63) is 29.8 Å². The van der Waals surface area contributed by atoms with Crippen molar-refractivity contribution in [2.75, 3.05) is 6.61 Å². The highest BCUT2D eigenvalue weighted by molar-refractivity contribution is 5.38. The molecule has 1 rings (SSSR count). The quantitative estimate of drug-likeness (QED) is 0.732. The van der Waals surface area contributed by atoms with Crippen molar-refractivity contribution in [3.8, 4) is 17.6 Å². The fourth-order valence-corrected chi connectivity index (χ4v) is 0.861. The first-order valence-electron chi connectivity index (χ1n) is 3.87. The van der Waals surface area contributed by atoms with Gasteiger partial charge in [0, 0.05) is 5.56 Å². The summed E-state index contributed by atoms with van der Waals surface area (Å²) in [5.74, 6) is 5.17. The molecule has 4 heteroatoms. The van der Waals surface area contributed by atoms with Crippen molar-refractivity contribution in [1.29, 1.82) is 0 Å². The second-order valence-electron chi connectivity index (χ2n) is 2.36. The summed E-state index contributed by atoms with van der Waals surface area (Å²) in [6.07, 6.45) is 0. The van der Waals surface area contributed by atoms with E-state index in [1.54, 1.807) is 12.1 Å². The fourth-order valence-electron chi connectivity index (χ4n) is 0.861. The Balaban J connectivity index is 2.68. The summed E-state index contributed by atoms with van der Waals surface area (Å²) in [7, 11) is 0. The van der Waals surface area contributed by atoms with E-state index in [-0.39, 0.29) is 12.4 Å². The van der Waals surface area contributed by atoms with Gasteiger partial charge < -0.3 is 9.84 Å². The van der Waals surface area contributed by atoms with Crippen molar-refractivity contribution in [1.82, 2.24) is 0 Å². The monoisotopic (exact) mass is 198 g/mol. The van der Waals surface area contributed by atoms with E-state index in [0.29, 0.717) is 5.56 Å². The zero-order valence-corrected chi connectivity index (χ0v) is 7.21. The fraction of sp³-hybridized carbons (Fsp3) is 0.200. The van der Waals surface area contributed by atoms with Gasteiger partial charge in [-0.25, -0.2) is 0 Å². The van der Waals surface area contributed by atoms with E-state index in [9.17, 15) is 8.78 Å². The number of halogens is 2. The van der Waals surface area contributed by atoms with Gasteiger partial charge in [-0.1, -0.05) is 11.8 Å². The largest absolute Gasteiger partial charge is 0.435 e. The van der Waals surface area contributed by atoms with Crippen LogP contribution >= 0.6 is 0 Å². The molecule has 0 aromatic heterocycles. The van der Waals surface area contributed by atoms with E-state index >= 15 is 0 Å². The average Bonchev–Trinajstić information content (AvgIpc) is 2.16. The molecule has 0 radical (unpaired) electrons. The topological polar surface area (TPSA) is 29.5 Å². The van der Waals surface area contributed by atoms with Crippen LogP contribution in [0.4, 0.5) is 8.78 Å². The smallest absolute Gasteiger partial charge is 0.387 e. The van der Waals surface area contributed by atoms with E-state index in [0.717, 1.165) is 0 Å². The lowest BCUT2D eigenvalue weighted by Crippen LogP contribution is -2.01. The van der Waals surface area contributed by atoms with Gasteiger partial charge in [0.2, 0.25) is 0 Å². The second kappa shape index (κ2) is 5.20. The molecule has 0 aliphatic rings. The van der Waals surface area contributed by atoms with Gasteiger partial charge in [-0.2, -0.15) is 8.78 Å². The summed E-state index contributed by atoms with van der Waals surface area (Å²) >= 11 is 0. The maximum absolute atomic E-state index is 11.7. The normalized spacial score (nSPS) is 9.43. The molecule has 0 aliphatic heterocycles. The van der Waals surface area contributed by atoms with Crippen molar-refractivity contribution < 1.29 is 18.6 Å².